The number of rotatable bonds is 11. The van der Waals surface area contributed by atoms with Crippen LogP contribution in [0.5, 0.6) is 11.5 Å². The zero-order valence-corrected chi connectivity index (χ0v) is 17.6. The monoisotopic (exact) mass is 410 g/mol. The average Bonchev–Trinajstić information content (AvgIpc) is 2.69. The number of methoxy groups -OCH3 is 2. The Morgan fingerprint density at radius 2 is 1.54 bits per heavy atom. The summed E-state index contributed by atoms with van der Waals surface area (Å²) in [4.78, 5) is 0. The molecule has 0 aliphatic carbocycles. The normalized spacial score (nSPS) is 11.1. The van der Waals surface area contributed by atoms with Crippen LogP contribution in [-0.4, -0.2) is 40.6 Å². The molecule has 0 atom stereocenters. The number of halogens is 2. The molecule has 0 saturated carbocycles. The summed E-state index contributed by atoms with van der Waals surface area (Å²) in [5, 5.41) is 0. The summed E-state index contributed by atoms with van der Waals surface area (Å²) < 4.78 is 35.8. The lowest BCUT2D eigenvalue weighted by Crippen LogP contribution is -2.11. The molecule has 2 rings (SSSR count). The largest absolute Gasteiger partial charge is 0.487 e. The van der Waals surface area contributed by atoms with E-state index in [9.17, 15) is 4.39 Å². The predicted octanol–water partition coefficient (Wildman–Crippen LogP) is 5.41. The Hall–Kier alpha value is -1.82. The predicted molar refractivity (Wildman–Crippen MR) is 110 cm³/mol. The minimum Gasteiger partial charge on any atom is -0.487 e. The second kappa shape index (κ2) is 11.2. The van der Waals surface area contributed by atoms with E-state index in [0.717, 1.165) is 22.3 Å². The van der Waals surface area contributed by atoms with Crippen LogP contribution < -0.4 is 9.47 Å². The molecule has 0 aromatic heterocycles. The first-order valence-electron chi connectivity index (χ1n) is 9.28. The van der Waals surface area contributed by atoms with Crippen molar-refractivity contribution in [3.8, 4) is 22.6 Å². The van der Waals surface area contributed by atoms with E-state index in [1.165, 1.54) is 12.1 Å². The second-order valence-corrected chi connectivity index (χ2v) is 6.89. The van der Waals surface area contributed by atoms with Crippen molar-refractivity contribution in [2.24, 2.45) is 0 Å². The van der Waals surface area contributed by atoms with E-state index in [1.54, 1.807) is 26.4 Å². The van der Waals surface area contributed by atoms with Crippen LogP contribution in [0, 0.1) is 5.82 Å². The lowest BCUT2D eigenvalue weighted by atomic mass is 9.89. The third-order valence-electron chi connectivity index (χ3n) is 4.36. The van der Waals surface area contributed by atoms with Gasteiger partial charge in [0.25, 0.3) is 0 Å². The van der Waals surface area contributed by atoms with E-state index in [4.69, 9.17) is 30.5 Å². The highest BCUT2D eigenvalue weighted by atomic mass is 35.5. The molecule has 0 radical (unpaired) electrons. The molecule has 0 spiro atoms. The molecule has 0 aliphatic heterocycles. The van der Waals surface area contributed by atoms with Crippen molar-refractivity contribution < 1.29 is 23.3 Å². The summed E-state index contributed by atoms with van der Waals surface area (Å²) in [6.45, 7) is 5.83. The van der Waals surface area contributed by atoms with Crippen molar-refractivity contribution in [3.05, 3.63) is 47.3 Å². The fourth-order valence-corrected chi connectivity index (χ4v) is 3.28. The first kappa shape index (κ1) is 22.5. The average molecular weight is 411 g/mol. The van der Waals surface area contributed by atoms with Crippen LogP contribution in [0.15, 0.2) is 30.3 Å². The van der Waals surface area contributed by atoms with Gasteiger partial charge in [0, 0.05) is 25.7 Å². The van der Waals surface area contributed by atoms with Crippen molar-refractivity contribution in [2.75, 3.05) is 40.6 Å². The van der Waals surface area contributed by atoms with Gasteiger partial charge in [0.2, 0.25) is 0 Å². The standard InChI is InChI=1S/C22H28ClFO4/c1-15(2)18-13-20(27-11-9-25-3)22(28-12-10-26-4)21(19(18)14-23)16-5-7-17(24)8-6-16/h5-8,13,15H,9-12,14H2,1-4H3. The van der Waals surface area contributed by atoms with Crippen LogP contribution in [0.3, 0.4) is 0 Å². The van der Waals surface area contributed by atoms with Crippen molar-refractivity contribution >= 4 is 11.6 Å². The molecular formula is C22H28ClFO4. The summed E-state index contributed by atoms with van der Waals surface area (Å²) in [6, 6.07) is 8.30. The molecule has 154 valence electrons. The molecule has 0 unspecified atom stereocenters. The van der Waals surface area contributed by atoms with Gasteiger partial charge in [-0.15, -0.1) is 11.6 Å². The molecule has 0 amide bonds. The Kier molecular flexibility index (Phi) is 9.03. The molecule has 0 bridgehead atoms. The molecule has 0 saturated heterocycles. The SMILES string of the molecule is COCCOc1cc(C(C)C)c(CCl)c(-c2ccc(F)cc2)c1OCCOC. The Labute approximate surface area is 171 Å². The third-order valence-corrected chi connectivity index (χ3v) is 4.62. The van der Waals surface area contributed by atoms with E-state index in [0.29, 0.717) is 43.8 Å². The van der Waals surface area contributed by atoms with Gasteiger partial charge in [0.15, 0.2) is 11.5 Å². The lowest BCUT2D eigenvalue weighted by molar-refractivity contribution is 0.132. The Balaban J connectivity index is 2.67. The van der Waals surface area contributed by atoms with Crippen LogP contribution >= 0.6 is 11.6 Å². The van der Waals surface area contributed by atoms with Gasteiger partial charge in [-0.2, -0.15) is 0 Å². The van der Waals surface area contributed by atoms with Crippen molar-refractivity contribution in [2.45, 2.75) is 25.6 Å². The first-order valence-corrected chi connectivity index (χ1v) is 9.82. The van der Waals surface area contributed by atoms with Gasteiger partial charge in [-0.1, -0.05) is 26.0 Å². The molecular weight excluding hydrogens is 383 g/mol. The van der Waals surface area contributed by atoms with Crippen LogP contribution in [0.1, 0.15) is 30.9 Å². The van der Waals surface area contributed by atoms with Crippen molar-refractivity contribution in [1.29, 1.82) is 0 Å². The van der Waals surface area contributed by atoms with Crippen LogP contribution in [0.4, 0.5) is 4.39 Å². The topological polar surface area (TPSA) is 36.9 Å². The third kappa shape index (κ3) is 5.60. The number of hydrogen-bond acceptors (Lipinski definition) is 4. The van der Waals surface area contributed by atoms with E-state index in [2.05, 4.69) is 13.8 Å². The summed E-state index contributed by atoms with van der Waals surface area (Å²) in [7, 11) is 3.24. The molecule has 0 fully saturated rings. The Morgan fingerprint density at radius 3 is 2.07 bits per heavy atom. The van der Waals surface area contributed by atoms with Gasteiger partial charge in [0.05, 0.1) is 13.2 Å². The highest BCUT2D eigenvalue weighted by Gasteiger charge is 2.23. The number of hydrogen-bond donors (Lipinski definition) is 0. The summed E-state index contributed by atoms with van der Waals surface area (Å²) in [5.74, 6) is 1.43. The molecule has 2 aromatic rings. The van der Waals surface area contributed by atoms with Gasteiger partial charge in [0.1, 0.15) is 19.0 Å². The maximum atomic E-state index is 13.5. The molecule has 0 aliphatic rings. The van der Waals surface area contributed by atoms with Gasteiger partial charge >= 0.3 is 0 Å². The first-order chi connectivity index (χ1) is 13.5. The smallest absolute Gasteiger partial charge is 0.169 e. The fraction of sp³-hybridized carbons (Fsp3) is 0.455. The highest BCUT2D eigenvalue weighted by molar-refractivity contribution is 6.17. The molecule has 28 heavy (non-hydrogen) atoms. The quantitative estimate of drug-likeness (QED) is 0.367. The van der Waals surface area contributed by atoms with Crippen LogP contribution in [-0.2, 0) is 15.4 Å². The Morgan fingerprint density at radius 1 is 0.929 bits per heavy atom. The van der Waals surface area contributed by atoms with E-state index in [-0.39, 0.29) is 11.7 Å². The summed E-state index contributed by atoms with van der Waals surface area (Å²) >= 11 is 6.36. The van der Waals surface area contributed by atoms with Crippen molar-refractivity contribution in [3.63, 3.8) is 0 Å². The fourth-order valence-electron chi connectivity index (χ4n) is 2.99. The van der Waals surface area contributed by atoms with E-state index < -0.39 is 0 Å². The van der Waals surface area contributed by atoms with Crippen molar-refractivity contribution in [1.82, 2.24) is 0 Å². The van der Waals surface area contributed by atoms with Crippen LogP contribution in [0.25, 0.3) is 11.1 Å². The summed E-state index contributed by atoms with van der Waals surface area (Å²) in [5.41, 5.74) is 3.67. The highest BCUT2D eigenvalue weighted by Crippen LogP contribution is 2.45. The minimum absolute atomic E-state index is 0.228. The van der Waals surface area contributed by atoms with Gasteiger partial charge in [-0.25, -0.2) is 4.39 Å². The summed E-state index contributed by atoms with van der Waals surface area (Å²) in [6.07, 6.45) is 0. The molecule has 4 nitrogen and oxygen atoms in total. The second-order valence-electron chi connectivity index (χ2n) is 6.62. The van der Waals surface area contributed by atoms with E-state index >= 15 is 0 Å². The zero-order chi connectivity index (χ0) is 20.5. The number of alkyl halides is 1. The number of benzene rings is 2. The minimum atomic E-state index is -0.297. The van der Waals surface area contributed by atoms with Crippen LogP contribution in [0.2, 0.25) is 0 Å². The Bertz CT molecular complexity index is 747. The van der Waals surface area contributed by atoms with Gasteiger partial charge < -0.3 is 18.9 Å². The molecule has 0 N–H and O–H groups in total. The molecule has 2 aromatic carbocycles. The maximum Gasteiger partial charge on any atom is 0.169 e. The lowest BCUT2D eigenvalue weighted by Gasteiger charge is -2.23. The van der Waals surface area contributed by atoms with E-state index in [1.807, 2.05) is 6.07 Å². The maximum absolute atomic E-state index is 13.5. The number of ether oxygens (including phenoxy) is 4. The zero-order valence-electron chi connectivity index (χ0n) is 16.9. The van der Waals surface area contributed by atoms with Gasteiger partial charge in [-0.3, -0.25) is 0 Å². The molecule has 0 heterocycles. The molecule has 6 heteroatoms. The van der Waals surface area contributed by atoms with Gasteiger partial charge in [-0.05, 0) is 40.8 Å².